The highest BCUT2D eigenvalue weighted by atomic mass is 35.5. The number of piperidine rings is 1. The molecule has 2 rings (SSSR count). The zero-order valence-electron chi connectivity index (χ0n) is 15.9. The molecule has 1 aromatic carbocycles. The minimum Gasteiger partial charge on any atom is -0.497 e. The van der Waals surface area contributed by atoms with E-state index >= 15 is 0 Å². The fraction of sp³-hybridized carbons (Fsp3) is 0.579. The van der Waals surface area contributed by atoms with Crippen molar-refractivity contribution in [3.05, 3.63) is 29.8 Å². The standard InChI is InChI=1S/C19H29N3O3.ClH/c1-12(2)17(19(24)21-15-9-10-20-13(3)11-15)22-18(23)14-5-7-16(25-4)8-6-14;/h5-8,12-13,15,17,20H,9-11H2,1-4H3,(H,21,24)(H,22,23);1H. The first kappa shape index (κ1) is 22.3. The number of nitrogens with one attached hydrogen (secondary N) is 3. The Morgan fingerprint density at radius 1 is 1.23 bits per heavy atom. The Morgan fingerprint density at radius 2 is 1.88 bits per heavy atom. The van der Waals surface area contributed by atoms with Crippen LogP contribution < -0.4 is 20.7 Å². The van der Waals surface area contributed by atoms with Crippen molar-refractivity contribution in [3.63, 3.8) is 0 Å². The van der Waals surface area contributed by atoms with E-state index in [9.17, 15) is 9.59 Å². The first-order valence-electron chi connectivity index (χ1n) is 8.89. The molecule has 0 radical (unpaired) electrons. The van der Waals surface area contributed by atoms with Gasteiger partial charge in [-0.1, -0.05) is 13.8 Å². The number of halogens is 1. The average molecular weight is 384 g/mol. The van der Waals surface area contributed by atoms with Gasteiger partial charge in [-0.15, -0.1) is 12.4 Å². The minimum atomic E-state index is -0.556. The summed E-state index contributed by atoms with van der Waals surface area (Å²) in [5, 5.41) is 9.32. The van der Waals surface area contributed by atoms with Gasteiger partial charge in [0.2, 0.25) is 5.91 Å². The summed E-state index contributed by atoms with van der Waals surface area (Å²) in [6.45, 7) is 6.88. The summed E-state index contributed by atoms with van der Waals surface area (Å²) in [5.41, 5.74) is 0.509. The van der Waals surface area contributed by atoms with Crippen molar-refractivity contribution < 1.29 is 14.3 Å². The normalized spacial score (nSPS) is 20.7. The van der Waals surface area contributed by atoms with E-state index in [1.807, 2.05) is 13.8 Å². The van der Waals surface area contributed by atoms with Crippen LogP contribution >= 0.6 is 12.4 Å². The first-order valence-corrected chi connectivity index (χ1v) is 8.89. The summed E-state index contributed by atoms with van der Waals surface area (Å²) in [4.78, 5) is 25.1. The maximum Gasteiger partial charge on any atom is 0.251 e. The number of rotatable bonds is 6. The molecule has 0 aliphatic carbocycles. The quantitative estimate of drug-likeness (QED) is 0.703. The van der Waals surface area contributed by atoms with Crippen molar-refractivity contribution in [1.29, 1.82) is 0 Å². The Kier molecular flexibility index (Phi) is 8.88. The zero-order chi connectivity index (χ0) is 18.4. The molecule has 26 heavy (non-hydrogen) atoms. The number of carbonyl (C=O) groups is 2. The SMILES string of the molecule is COc1ccc(C(=O)NC(C(=O)NC2CCNC(C)C2)C(C)C)cc1.Cl. The number of benzene rings is 1. The molecule has 2 amide bonds. The van der Waals surface area contributed by atoms with Gasteiger partial charge < -0.3 is 20.7 Å². The average Bonchev–Trinajstić information content (AvgIpc) is 2.59. The third kappa shape index (κ3) is 6.18. The molecule has 146 valence electrons. The van der Waals surface area contributed by atoms with Crippen LogP contribution in [0.15, 0.2) is 24.3 Å². The van der Waals surface area contributed by atoms with E-state index in [1.165, 1.54) is 0 Å². The first-order chi connectivity index (χ1) is 11.9. The maximum absolute atomic E-state index is 12.7. The molecule has 1 heterocycles. The van der Waals surface area contributed by atoms with Crippen molar-refractivity contribution in [2.75, 3.05) is 13.7 Å². The van der Waals surface area contributed by atoms with Crippen LogP contribution in [0.1, 0.15) is 44.0 Å². The van der Waals surface area contributed by atoms with Gasteiger partial charge in [0.05, 0.1) is 7.11 Å². The molecular formula is C19H30ClN3O3. The van der Waals surface area contributed by atoms with Crippen molar-refractivity contribution in [3.8, 4) is 5.75 Å². The van der Waals surface area contributed by atoms with Crippen molar-refractivity contribution in [2.45, 2.75) is 51.7 Å². The summed E-state index contributed by atoms with van der Waals surface area (Å²) >= 11 is 0. The second-order valence-electron chi connectivity index (χ2n) is 7.01. The van der Waals surface area contributed by atoms with Crippen molar-refractivity contribution in [2.24, 2.45) is 5.92 Å². The van der Waals surface area contributed by atoms with Gasteiger partial charge >= 0.3 is 0 Å². The van der Waals surface area contributed by atoms with Crippen LogP contribution in [-0.2, 0) is 4.79 Å². The van der Waals surface area contributed by atoms with E-state index in [4.69, 9.17) is 4.74 Å². The van der Waals surface area contributed by atoms with Crippen LogP contribution in [0.3, 0.4) is 0 Å². The number of hydrogen-bond acceptors (Lipinski definition) is 4. The van der Waals surface area contributed by atoms with Gasteiger partial charge in [-0.25, -0.2) is 0 Å². The van der Waals surface area contributed by atoms with E-state index in [-0.39, 0.29) is 36.2 Å². The molecule has 6 nitrogen and oxygen atoms in total. The highest BCUT2D eigenvalue weighted by Gasteiger charge is 2.28. The largest absolute Gasteiger partial charge is 0.497 e. The summed E-state index contributed by atoms with van der Waals surface area (Å²) in [6, 6.07) is 6.84. The molecule has 3 atom stereocenters. The lowest BCUT2D eigenvalue weighted by atomic mass is 9.98. The number of methoxy groups -OCH3 is 1. The lowest BCUT2D eigenvalue weighted by Gasteiger charge is -2.31. The second kappa shape index (κ2) is 10.4. The Morgan fingerprint density at radius 3 is 2.42 bits per heavy atom. The van der Waals surface area contributed by atoms with E-state index in [0.717, 1.165) is 19.4 Å². The van der Waals surface area contributed by atoms with Gasteiger partial charge in [-0.3, -0.25) is 9.59 Å². The lowest BCUT2D eigenvalue weighted by molar-refractivity contribution is -0.124. The van der Waals surface area contributed by atoms with Gasteiger partial charge in [-0.2, -0.15) is 0 Å². The van der Waals surface area contributed by atoms with Crippen LogP contribution in [-0.4, -0.2) is 43.6 Å². The summed E-state index contributed by atoms with van der Waals surface area (Å²) in [6.07, 6.45) is 1.82. The van der Waals surface area contributed by atoms with Gasteiger partial charge in [0.15, 0.2) is 0 Å². The smallest absolute Gasteiger partial charge is 0.251 e. The molecule has 0 saturated carbocycles. The van der Waals surface area contributed by atoms with E-state index in [2.05, 4.69) is 22.9 Å². The maximum atomic E-state index is 12.7. The number of hydrogen-bond donors (Lipinski definition) is 3. The fourth-order valence-corrected chi connectivity index (χ4v) is 3.06. The van der Waals surface area contributed by atoms with Gasteiger partial charge in [-0.05, 0) is 56.5 Å². The summed E-state index contributed by atoms with van der Waals surface area (Å²) in [5.74, 6) is 0.321. The molecule has 1 aliphatic heterocycles. The molecule has 0 aromatic heterocycles. The summed E-state index contributed by atoms with van der Waals surface area (Å²) < 4.78 is 5.10. The monoisotopic (exact) mass is 383 g/mol. The number of ether oxygens (including phenoxy) is 1. The Labute approximate surface area is 161 Å². The Bertz CT molecular complexity index is 592. The van der Waals surface area contributed by atoms with Gasteiger partial charge in [0.25, 0.3) is 5.91 Å². The third-order valence-electron chi connectivity index (χ3n) is 4.56. The van der Waals surface area contributed by atoms with E-state index < -0.39 is 6.04 Å². The molecular weight excluding hydrogens is 354 g/mol. The molecule has 3 N–H and O–H groups in total. The predicted molar refractivity (Wildman–Crippen MR) is 105 cm³/mol. The Hall–Kier alpha value is -1.79. The van der Waals surface area contributed by atoms with Gasteiger partial charge in [0, 0.05) is 17.6 Å². The van der Waals surface area contributed by atoms with Crippen molar-refractivity contribution in [1.82, 2.24) is 16.0 Å². The summed E-state index contributed by atoms with van der Waals surface area (Å²) in [7, 11) is 1.58. The van der Waals surface area contributed by atoms with Crippen LogP contribution in [0.25, 0.3) is 0 Å². The number of carbonyl (C=O) groups excluding carboxylic acids is 2. The van der Waals surface area contributed by atoms with Crippen LogP contribution in [0.4, 0.5) is 0 Å². The van der Waals surface area contributed by atoms with Crippen LogP contribution in [0.2, 0.25) is 0 Å². The molecule has 0 spiro atoms. The van der Waals surface area contributed by atoms with Gasteiger partial charge in [0.1, 0.15) is 11.8 Å². The van der Waals surface area contributed by atoms with Crippen LogP contribution in [0.5, 0.6) is 5.75 Å². The Balaban J connectivity index is 0.00000338. The topological polar surface area (TPSA) is 79.5 Å². The second-order valence-corrected chi connectivity index (χ2v) is 7.01. The molecule has 1 aromatic rings. The van der Waals surface area contributed by atoms with E-state index in [0.29, 0.717) is 17.4 Å². The molecule has 0 bridgehead atoms. The molecule has 1 fully saturated rings. The van der Waals surface area contributed by atoms with Crippen LogP contribution in [0, 0.1) is 5.92 Å². The lowest BCUT2D eigenvalue weighted by Crippen LogP contribution is -2.54. The molecule has 3 unspecified atom stereocenters. The highest BCUT2D eigenvalue weighted by molar-refractivity contribution is 5.97. The predicted octanol–water partition coefficient (Wildman–Crippen LogP) is 2.13. The third-order valence-corrected chi connectivity index (χ3v) is 4.56. The highest BCUT2D eigenvalue weighted by Crippen LogP contribution is 2.13. The number of amides is 2. The van der Waals surface area contributed by atoms with Crippen molar-refractivity contribution >= 4 is 24.2 Å². The zero-order valence-corrected chi connectivity index (χ0v) is 16.7. The molecule has 1 aliphatic rings. The fourth-order valence-electron chi connectivity index (χ4n) is 3.06. The molecule has 7 heteroatoms. The van der Waals surface area contributed by atoms with E-state index in [1.54, 1.807) is 31.4 Å². The molecule has 1 saturated heterocycles. The minimum absolute atomic E-state index is 0.